The van der Waals surface area contributed by atoms with E-state index in [1.807, 2.05) is 6.08 Å². The van der Waals surface area contributed by atoms with Gasteiger partial charge in [-0.15, -0.1) is 0 Å². The van der Waals surface area contributed by atoms with E-state index in [1.54, 1.807) is 6.08 Å². The van der Waals surface area contributed by atoms with E-state index in [1.165, 1.54) is 392 Å². The molecular weight excluding hydrogens is 1080 g/mol. The summed E-state index contributed by atoms with van der Waals surface area (Å²) in [4.78, 5) is 24.6. The van der Waals surface area contributed by atoms with Crippen LogP contribution in [0, 0.1) is 0 Å². The molecule has 0 spiro atoms. The van der Waals surface area contributed by atoms with Crippen molar-refractivity contribution in [3.63, 3.8) is 0 Å². The third kappa shape index (κ3) is 73.4. The van der Waals surface area contributed by atoms with Gasteiger partial charge in [-0.3, -0.25) is 9.59 Å². The van der Waals surface area contributed by atoms with E-state index >= 15 is 0 Å². The topological polar surface area (TPSA) is 95.9 Å². The summed E-state index contributed by atoms with van der Waals surface area (Å²) < 4.78 is 5.50. The Bertz CT molecular complexity index is 1380. The average Bonchev–Trinajstić information content (AvgIpc) is 3.58. The highest BCUT2D eigenvalue weighted by Crippen LogP contribution is 2.20. The first-order valence-electron chi connectivity index (χ1n) is 40.6. The van der Waals surface area contributed by atoms with E-state index in [0.29, 0.717) is 19.4 Å². The zero-order valence-corrected chi connectivity index (χ0v) is 60.0. The number of amides is 1. The van der Waals surface area contributed by atoms with Gasteiger partial charge in [-0.2, -0.15) is 0 Å². The predicted octanol–water partition coefficient (Wildman–Crippen LogP) is 26.8. The monoisotopic (exact) mass is 1240 g/mol. The Morgan fingerprint density at radius 3 is 0.807 bits per heavy atom. The number of carbonyl (C=O) groups excluding carboxylic acids is 2. The second-order valence-corrected chi connectivity index (χ2v) is 28.1. The van der Waals surface area contributed by atoms with Gasteiger partial charge in [0.15, 0.2) is 0 Å². The van der Waals surface area contributed by atoms with E-state index in [2.05, 4.69) is 31.3 Å². The van der Waals surface area contributed by atoms with Crippen molar-refractivity contribution in [1.29, 1.82) is 0 Å². The fourth-order valence-corrected chi connectivity index (χ4v) is 13.0. The van der Waals surface area contributed by atoms with Gasteiger partial charge in [0.25, 0.3) is 0 Å². The number of aliphatic hydroxyl groups excluding tert-OH is 2. The van der Waals surface area contributed by atoms with Crippen molar-refractivity contribution >= 4 is 11.9 Å². The number of nitrogens with one attached hydrogen (secondary N) is 1. The number of aliphatic hydroxyl groups is 2. The van der Waals surface area contributed by atoms with Crippen LogP contribution in [0.2, 0.25) is 0 Å². The van der Waals surface area contributed by atoms with Crippen LogP contribution in [0.5, 0.6) is 0 Å². The van der Waals surface area contributed by atoms with Crippen LogP contribution < -0.4 is 5.32 Å². The van der Waals surface area contributed by atoms with Crippen molar-refractivity contribution < 1.29 is 24.5 Å². The van der Waals surface area contributed by atoms with Gasteiger partial charge in [0.05, 0.1) is 25.4 Å². The van der Waals surface area contributed by atoms with Gasteiger partial charge in [-0.25, -0.2) is 0 Å². The van der Waals surface area contributed by atoms with Crippen LogP contribution in [0.4, 0.5) is 0 Å². The number of carbonyl (C=O) groups is 2. The molecule has 1 amide bonds. The molecule has 0 saturated heterocycles. The van der Waals surface area contributed by atoms with Crippen LogP contribution in [0.25, 0.3) is 0 Å². The number of rotatable bonds is 77. The van der Waals surface area contributed by atoms with E-state index in [-0.39, 0.29) is 18.5 Å². The third-order valence-corrected chi connectivity index (χ3v) is 19.2. The number of esters is 1. The van der Waals surface area contributed by atoms with Gasteiger partial charge < -0.3 is 20.3 Å². The summed E-state index contributed by atoms with van der Waals surface area (Å²) in [5.74, 6) is -0.0411. The van der Waals surface area contributed by atoms with Gasteiger partial charge in [0.2, 0.25) is 5.91 Å². The molecule has 2 atom stereocenters. The molecular formula is C82H159NO5. The number of allylic oxidation sites excluding steroid dienone is 3. The molecule has 6 nitrogen and oxygen atoms in total. The fourth-order valence-electron chi connectivity index (χ4n) is 13.0. The Hall–Kier alpha value is -1.66. The molecule has 0 aliphatic carbocycles. The second-order valence-electron chi connectivity index (χ2n) is 28.1. The number of hydrogen-bond acceptors (Lipinski definition) is 5. The summed E-state index contributed by atoms with van der Waals surface area (Å²) in [7, 11) is 0. The molecule has 6 heteroatoms. The zero-order valence-electron chi connectivity index (χ0n) is 60.0. The first-order chi connectivity index (χ1) is 43.5. The molecule has 3 N–H and O–H groups in total. The van der Waals surface area contributed by atoms with Gasteiger partial charge >= 0.3 is 5.97 Å². The van der Waals surface area contributed by atoms with Crippen molar-refractivity contribution in [3.05, 3.63) is 24.3 Å². The summed E-state index contributed by atoms with van der Waals surface area (Å²) in [5, 5.41) is 23.2. The van der Waals surface area contributed by atoms with Gasteiger partial charge in [0, 0.05) is 12.8 Å². The lowest BCUT2D eigenvalue weighted by molar-refractivity contribution is -0.143. The minimum atomic E-state index is -0.840. The van der Waals surface area contributed by atoms with E-state index in [0.717, 1.165) is 44.9 Å². The van der Waals surface area contributed by atoms with Gasteiger partial charge in [-0.05, 0) is 57.8 Å². The van der Waals surface area contributed by atoms with E-state index in [9.17, 15) is 19.8 Å². The van der Waals surface area contributed by atoms with Gasteiger partial charge in [0.1, 0.15) is 0 Å². The summed E-state index contributed by atoms with van der Waals surface area (Å²) in [6.07, 6.45) is 100. The fraction of sp³-hybridized carbons (Fsp3) is 0.927. The molecule has 88 heavy (non-hydrogen) atoms. The summed E-state index contributed by atoms with van der Waals surface area (Å²) in [6.45, 7) is 4.94. The first-order valence-corrected chi connectivity index (χ1v) is 40.6. The lowest BCUT2D eigenvalue weighted by Crippen LogP contribution is -2.45. The molecule has 2 unspecified atom stereocenters. The quantitative estimate of drug-likeness (QED) is 0.0320. The lowest BCUT2D eigenvalue weighted by Gasteiger charge is -2.20. The maximum atomic E-state index is 12.5. The predicted molar refractivity (Wildman–Crippen MR) is 389 cm³/mol. The second kappa shape index (κ2) is 77.8. The van der Waals surface area contributed by atoms with Crippen LogP contribution >= 0.6 is 0 Å². The van der Waals surface area contributed by atoms with Crippen LogP contribution in [-0.2, 0) is 14.3 Å². The molecule has 0 aromatic rings. The molecule has 0 bridgehead atoms. The highest BCUT2D eigenvalue weighted by atomic mass is 16.5. The SMILES string of the molecule is CCCCCCCC/C=C\CCCCCCCC(=O)OCCCCCCCCCCCCCCCCCCCCCCCCCCCCCCCCCCCCCCCCCC(=O)NC(CO)C(O)/C=C/CCCCCCCCCCCCCCCCC. The Balaban J connectivity index is 3.30. The Morgan fingerprint density at radius 2 is 0.534 bits per heavy atom. The average molecular weight is 1240 g/mol. The number of unbranched alkanes of at least 4 members (excludes halogenated alkanes) is 64. The Kier molecular flexibility index (Phi) is 76.3. The van der Waals surface area contributed by atoms with Crippen molar-refractivity contribution in [2.24, 2.45) is 0 Å². The number of hydrogen-bond donors (Lipinski definition) is 3. The van der Waals surface area contributed by atoms with Crippen molar-refractivity contribution in [2.75, 3.05) is 13.2 Å². The molecule has 0 saturated carbocycles. The maximum Gasteiger partial charge on any atom is 0.305 e. The van der Waals surface area contributed by atoms with Gasteiger partial charge in [-0.1, -0.05) is 417 Å². The molecule has 0 aliphatic heterocycles. The van der Waals surface area contributed by atoms with Crippen LogP contribution in [0.1, 0.15) is 463 Å². The van der Waals surface area contributed by atoms with Crippen molar-refractivity contribution in [3.8, 4) is 0 Å². The Morgan fingerprint density at radius 1 is 0.307 bits per heavy atom. The summed E-state index contributed by atoms with van der Waals surface area (Å²) in [5.41, 5.74) is 0. The zero-order chi connectivity index (χ0) is 63.5. The molecule has 0 heterocycles. The normalized spacial score (nSPS) is 12.5. The third-order valence-electron chi connectivity index (χ3n) is 19.2. The first kappa shape index (κ1) is 86.3. The largest absolute Gasteiger partial charge is 0.466 e. The highest BCUT2D eigenvalue weighted by Gasteiger charge is 2.18. The van der Waals surface area contributed by atoms with E-state index in [4.69, 9.17) is 4.74 Å². The summed E-state index contributed by atoms with van der Waals surface area (Å²) in [6, 6.07) is -0.623. The van der Waals surface area contributed by atoms with Crippen LogP contribution in [0.3, 0.4) is 0 Å². The molecule has 0 fully saturated rings. The van der Waals surface area contributed by atoms with Crippen LogP contribution in [-0.4, -0.2) is 47.4 Å². The number of ether oxygens (including phenoxy) is 1. The molecule has 0 aliphatic rings. The van der Waals surface area contributed by atoms with Crippen LogP contribution in [0.15, 0.2) is 24.3 Å². The smallest absolute Gasteiger partial charge is 0.305 e. The van der Waals surface area contributed by atoms with Crippen molar-refractivity contribution in [1.82, 2.24) is 5.32 Å². The van der Waals surface area contributed by atoms with Crippen molar-refractivity contribution in [2.45, 2.75) is 475 Å². The summed E-state index contributed by atoms with van der Waals surface area (Å²) >= 11 is 0. The van der Waals surface area contributed by atoms with E-state index < -0.39 is 12.1 Å². The Labute approximate surface area is 551 Å². The molecule has 0 radical (unpaired) electrons. The minimum absolute atomic E-state index is 0.0168. The molecule has 0 rings (SSSR count). The highest BCUT2D eigenvalue weighted by molar-refractivity contribution is 5.76. The minimum Gasteiger partial charge on any atom is -0.466 e. The molecule has 522 valence electrons. The standard InChI is InChI=1S/C82H159NO5/c1-3-5-7-9-11-13-15-17-19-43-47-50-54-58-62-66-70-74-80(85)79(78-84)83-81(86)75-71-67-63-59-55-51-48-44-41-39-37-35-33-31-29-27-25-23-21-20-22-24-26-28-30-32-34-36-38-40-42-45-49-53-57-61-65-69-73-77-88-82(87)76-72-68-64-60-56-52-46-18-16-14-12-10-8-6-4-2/h18,46,70,74,79-80,84-85H,3-17,19-45,47-69,71-73,75-78H2,1-2H3,(H,83,86)/b46-18-,74-70+. The molecule has 0 aromatic heterocycles. The lowest BCUT2D eigenvalue weighted by atomic mass is 10.0. The maximum absolute atomic E-state index is 12.5. The molecule has 0 aromatic carbocycles.